The minimum absolute atomic E-state index is 0.0426. The molecular weight excluding hydrogens is 596 g/mol. The summed E-state index contributed by atoms with van der Waals surface area (Å²) in [5.74, 6) is 2.84. The Morgan fingerprint density at radius 1 is 0.745 bits per heavy atom. The second-order valence-corrected chi connectivity index (χ2v) is 12.5. The normalized spacial score (nSPS) is 19.0. The van der Waals surface area contributed by atoms with E-state index >= 15 is 0 Å². The van der Waals surface area contributed by atoms with Crippen LogP contribution in [0.4, 0.5) is 0 Å². The van der Waals surface area contributed by atoms with Crippen molar-refractivity contribution in [2.75, 3.05) is 55.6 Å². The Labute approximate surface area is 275 Å². The number of carbonyl (C=O) groups excluding carboxylic acids is 1. The van der Waals surface area contributed by atoms with Crippen LogP contribution in [0.2, 0.25) is 0 Å². The Bertz CT molecular complexity index is 1890. The molecule has 7 rings (SSSR count). The monoisotopic (exact) mass is 636 g/mol. The van der Waals surface area contributed by atoms with Gasteiger partial charge in [0.05, 0.1) is 34.5 Å². The van der Waals surface area contributed by atoms with Crippen molar-refractivity contribution in [3.8, 4) is 51.4 Å². The second-order valence-electron chi connectivity index (χ2n) is 12.5. The van der Waals surface area contributed by atoms with Crippen LogP contribution in [-0.4, -0.2) is 76.3 Å². The third-order valence-electron chi connectivity index (χ3n) is 9.99. The number of rotatable bonds is 4. The number of carbonyl (C=O) groups is 1. The Morgan fingerprint density at radius 3 is 2.11 bits per heavy atom. The van der Waals surface area contributed by atoms with Crippen molar-refractivity contribution in [3.05, 3.63) is 88.0 Å². The van der Waals surface area contributed by atoms with Crippen LogP contribution in [0.1, 0.15) is 50.3 Å². The van der Waals surface area contributed by atoms with Crippen molar-refractivity contribution >= 4 is 5.78 Å². The second kappa shape index (κ2) is 12.1. The summed E-state index contributed by atoms with van der Waals surface area (Å²) in [6.07, 6.45) is 2.13. The van der Waals surface area contributed by atoms with Gasteiger partial charge in [0.1, 0.15) is 11.5 Å². The number of benzene rings is 4. The van der Waals surface area contributed by atoms with Gasteiger partial charge in [-0.2, -0.15) is 0 Å². The van der Waals surface area contributed by atoms with Crippen molar-refractivity contribution in [2.45, 2.75) is 31.3 Å². The van der Waals surface area contributed by atoms with Crippen LogP contribution in [0.15, 0.2) is 54.6 Å². The van der Waals surface area contributed by atoms with Crippen molar-refractivity contribution in [1.29, 1.82) is 0 Å². The Morgan fingerprint density at radius 2 is 1.38 bits per heavy atom. The fraction of sp³-hybridized carbons (Fsp3) is 0.342. The van der Waals surface area contributed by atoms with E-state index in [0.717, 1.165) is 58.3 Å². The smallest absolute Gasteiger partial charge is 0.201 e. The number of aromatic hydroxyl groups is 1. The highest BCUT2D eigenvalue weighted by atomic mass is 16.5. The molecule has 0 radical (unpaired) electrons. The maximum atomic E-state index is 14.5. The van der Waals surface area contributed by atoms with Crippen molar-refractivity contribution in [3.63, 3.8) is 0 Å². The number of hydrogen-bond acceptors (Lipinski definition) is 9. The summed E-state index contributed by atoms with van der Waals surface area (Å²) >= 11 is 0. The van der Waals surface area contributed by atoms with Crippen molar-refractivity contribution < 1.29 is 33.6 Å². The van der Waals surface area contributed by atoms with Gasteiger partial charge in [-0.3, -0.25) is 14.6 Å². The molecule has 0 amide bonds. The summed E-state index contributed by atoms with van der Waals surface area (Å²) in [5.41, 5.74) is 7.03. The molecule has 6 bridgehead atoms. The quantitative estimate of drug-likeness (QED) is 0.274. The fourth-order valence-electron chi connectivity index (χ4n) is 7.44. The molecule has 0 fully saturated rings. The average Bonchev–Trinajstić information content (AvgIpc) is 3.09. The summed E-state index contributed by atoms with van der Waals surface area (Å²) in [4.78, 5) is 18.9. The summed E-state index contributed by atoms with van der Waals surface area (Å²) < 4.78 is 29.9. The number of ether oxygens (including phenoxy) is 5. The summed E-state index contributed by atoms with van der Waals surface area (Å²) in [6, 6.07) is 16.8. The summed E-state index contributed by atoms with van der Waals surface area (Å²) in [7, 11) is 10.5. The van der Waals surface area contributed by atoms with Crippen molar-refractivity contribution in [2.24, 2.45) is 0 Å². The molecule has 244 valence electrons. The number of fused-ring (bicyclic) bond motifs is 6. The van der Waals surface area contributed by atoms with E-state index < -0.39 is 6.04 Å². The van der Waals surface area contributed by atoms with Crippen LogP contribution >= 0.6 is 0 Å². The number of phenolic OH excluding ortho intramolecular Hbond substituents is 1. The highest BCUT2D eigenvalue weighted by molar-refractivity contribution is 6.02. The predicted octanol–water partition coefficient (Wildman–Crippen LogP) is 6.38. The number of Topliss-reactive ketones (excluding diaryl/α,β-unsaturated/α-hetero) is 1. The minimum atomic E-state index is -0.568. The maximum Gasteiger partial charge on any atom is 0.201 e. The molecule has 4 aromatic rings. The van der Waals surface area contributed by atoms with E-state index in [2.05, 4.69) is 29.0 Å². The largest absolute Gasteiger partial charge is 0.502 e. The third kappa shape index (κ3) is 5.14. The van der Waals surface area contributed by atoms with Gasteiger partial charge in [0, 0.05) is 41.4 Å². The molecule has 0 aliphatic carbocycles. The molecule has 2 unspecified atom stereocenters. The number of likely N-dealkylation sites (N-methyl/N-ethyl adjacent to an activating group) is 2. The highest BCUT2D eigenvalue weighted by Gasteiger charge is 2.36. The molecule has 2 atom stereocenters. The van der Waals surface area contributed by atoms with E-state index in [1.165, 1.54) is 0 Å². The molecule has 3 aliphatic rings. The van der Waals surface area contributed by atoms with Gasteiger partial charge < -0.3 is 28.8 Å². The van der Waals surface area contributed by atoms with Crippen molar-refractivity contribution in [1.82, 2.24) is 9.80 Å². The third-order valence-corrected chi connectivity index (χ3v) is 9.99. The van der Waals surface area contributed by atoms with Crippen LogP contribution in [0, 0.1) is 0 Å². The first kappa shape index (κ1) is 30.9. The minimum Gasteiger partial charge on any atom is -0.502 e. The van der Waals surface area contributed by atoms with Crippen LogP contribution in [-0.2, 0) is 19.3 Å². The number of methoxy groups -OCH3 is 4. The van der Waals surface area contributed by atoms with E-state index in [4.69, 9.17) is 23.7 Å². The van der Waals surface area contributed by atoms with Crippen LogP contribution < -0.4 is 23.7 Å². The van der Waals surface area contributed by atoms with Crippen LogP contribution in [0.25, 0.3) is 11.1 Å². The van der Waals surface area contributed by atoms with Gasteiger partial charge in [-0.05, 0) is 104 Å². The number of nitrogens with zero attached hydrogens (tertiary/aromatic N) is 2. The van der Waals surface area contributed by atoms with E-state index in [1.807, 2.05) is 49.5 Å². The van der Waals surface area contributed by atoms with Gasteiger partial charge in [0.15, 0.2) is 28.8 Å². The topological polar surface area (TPSA) is 89.9 Å². The molecule has 3 heterocycles. The summed E-state index contributed by atoms with van der Waals surface area (Å²) in [5, 5.41) is 11.7. The zero-order chi connectivity index (χ0) is 33.0. The number of hydrogen-bond donors (Lipinski definition) is 1. The predicted molar refractivity (Wildman–Crippen MR) is 179 cm³/mol. The number of ketones is 1. The maximum absolute atomic E-state index is 14.5. The van der Waals surface area contributed by atoms with Crippen LogP contribution in [0.5, 0.6) is 40.2 Å². The van der Waals surface area contributed by atoms with Gasteiger partial charge >= 0.3 is 0 Å². The first-order valence-electron chi connectivity index (χ1n) is 15.9. The van der Waals surface area contributed by atoms with Gasteiger partial charge in [0.25, 0.3) is 0 Å². The lowest BCUT2D eigenvalue weighted by atomic mass is 9.85. The molecule has 0 spiro atoms. The van der Waals surface area contributed by atoms with E-state index in [-0.39, 0.29) is 17.6 Å². The first-order chi connectivity index (χ1) is 22.8. The number of phenols is 1. The lowest BCUT2D eigenvalue weighted by molar-refractivity contribution is 0.0838. The zero-order valence-corrected chi connectivity index (χ0v) is 27.7. The zero-order valence-electron chi connectivity index (χ0n) is 27.7. The molecule has 4 aromatic carbocycles. The molecule has 1 N–H and O–H groups in total. The van der Waals surface area contributed by atoms with Crippen LogP contribution in [0.3, 0.4) is 0 Å². The van der Waals surface area contributed by atoms with Gasteiger partial charge in [-0.25, -0.2) is 0 Å². The fourth-order valence-corrected chi connectivity index (χ4v) is 7.44. The molecule has 3 aliphatic heterocycles. The molecular formula is C38H40N2O7. The molecule has 0 saturated carbocycles. The Kier molecular flexibility index (Phi) is 7.98. The molecule has 0 saturated heterocycles. The van der Waals surface area contributed by atoms with E-state index in [1.54, 1.807) is 28.4 Å². The van der Waals surface area contributed by atoms with Gasteiger partial charge in [0.2, 0.25) is 5.75 Å². The Hall–Kier alpha value is -4.73. The SMILES string of the molecule is COc1cc2c3cc1Oc1c(O)c(OC)cc4c1C(Cc1ccc(OC)c(c1)-c1cc(ccc1OC)C(=O)C3N(C)CC2)N(C)CC4. The average molecular weight is 637 g/mol. The van der Waals surface area contributed by atoms with Gasteiger partial charge in [-0.15, -0.1) is 0 Å². The molecule has 47 heavy (non-hydrogen) atoms. The lowest BCUT2D eigenvalue weighted by Crippen LogP contribution is -2.37. The standard InChI is InChI=1S/C38H40N2O7/c1-39-13-12-23-19-33(46-6)37(42)38-34(23)28(39)16-21-7-9-29(43-3)26(15-21)27-17-24(8-10-30(27)44-4)36(41)35-25-20-32(47-38)31(45-5)18-22(25)11-14-40(35)2/h7-10,15,17-20,28,35,42H,11-14,16H2,1-6H3. The molecule has 9 nitrogen and oxygen atoms in total. The molecule has 9 heteroatoms. The highest BCUT2D eigenvalue weighted by Crippen LogP contribution is 2.51. The van der Waals surface area contributed by atoms with Gasteiger partial charge in [-0.1, -0.05) is 6.07 Å². The summed E-state index contributed by atoms with van der Waals surface area (Å²) in [6.45, 7) is 1.52. The molecule has 0 aromatic heterocycles. The van der Waals surface area contributed by atoms with E-state index in [0.29, 0.717) is 53.0 Å². The first-order valence-corrected chi connectivity index (χ1v) is 15.9. The Balaban J connectivity index is 1.55. The lowest BCUT2D eigenvalue weighted by Gasteiger charge is -2.37. The van der Waals surface area contributed by atoms with E-state index in [9.17, 15) is 9.90 Å².